The molecule has 0 aliphatic heterocycles. The maximum atomic E-state index is 15.6. The maximum absolute atomic E-state index is 15.6. The van der Waals surface area contributed by atoms with Crippen molar-refractivity contribution < 1.29 is 13.2 Å². The van der Waals surface area contributed by atoms with Gasteiger partial charge in [0.15, 0.2) is 0 Å². The van der Waals surface area contributed by atoms with Gasteiger partial charge in [-0.25, -0.2) is 17.9 Å². The minimum Gasteiger partial charge on any atom is -0.342 e. The fourth-order valence-corrected chi connectivity index (χ4v) is 4.58. The Balaban J connectivity index is 1.62. The van der Waals surface area contributed by atoms with Gasteiger partial charge in [0.2, 0.25) is 5.92 Å². The van der Waals surface area contributed by atoms with Gasteiger partial charge in [-0.1, -0.05) is 5.21 Å². The number of rotatable bonds is 4. The maximum Gasteiger partial charge on any atom is 0.248 e. The average Bonchev–Trinajstić information content (AvgIpc) is 3.42. The number of aromatic nitrogens is 7. The molecule has 0 radical (unpaired) electrons. The van der Waals surface area contributed by atoms with Gasteiger partial charge in [0, 0.05) is 62.2 Å². The number of alkyl halides is 3. The van der Waals surface area contributed by atoms with E-state index >= 15 is 4.39 Å². The number of nitrogens with zero attached hydrogens (tertiary/aromatic N) is 7. The number of aryl methyl sites for hydroxylation is 3. The number of halogens is 3. The van der Waals surface area contributed by atoms with Crippen molar-refractivity contribution in [1.29, 1.82) is 0 Å². The zero-order chi connectivity index (χ0) is 22.7. The van der Waals surface area contributed by atoms with Crippen LogP contribution < -0.4 is 0 Å². The van der Waals surface area contributed by atoms with E-state index in [0.717, 1.165) is 33.6 Å². The van der Waals surface area contributed by atoms with Gasteiger partial charge in [-0.2, -0.15) is 5.10 Å². The third kappa shape index (κ3) is 3.57. The molecule has 10 heteroatoms. The predicted molar refractivity (Wildman–Crippen MR) is 114 cm³/mol. The Morgan fingerprint density at radius 1 is 1.00 bits per heavy atom. The van der Waals surface area contributed by atoms with Crippen LogP contribution >= 0.6 is 0 Å². The van der Waals surface area contributed by atoms with Crippen LogP contribution in [-0.2, 0) is 20.6 Å². The van der Waals surface area contributed by atoms with Crippen LogP contribution in [-0.4, -0.2) is 45.9 Å². The molecule has 7 nitrogen and oxygen atoms in total. The molecular weight excluding hydrogens is 419 g/mol. The highest BCUT2D eigenvalue weighted by molar-refractivity contribution is 5.94. The topological polar surface area (TPSA) is 66.3 Å². The second-order valence-electron chi connectivity index (χ2n) is 8.82. The number of fused-ring (bicyclic) bond motifs is 1. The van der Waals surface area contributed by atoms with Crippen LogP contribution in [0.5, 0.6) is 0 Å². The Hall–Kier alpha value is -3.17. The summed E-state index contributed by atoms with van der Waals surface area (Å²) in [7, 11) is 3.63. The van der Waals surface area contributed by atoms with Crippen molar-refractivity contribution in [1.82, 2.24) is 34.3 Å². The predicted octanol–water partition coefficient (Wildman–Crippen LogP) is 4.46. The molecule has 1 aliphatic rings. The normalized spacial score (nSPS) is 17.8. The molecule has 0 aromatic carbocycles. The molecule has 0 atom stereocenters. The molecule has 0 N–H and O–H groups in total. The highest BCUT2D eigenvalue weighted by Gasteiger charge is 2.44. The van der Waals surface area contributed by atoms with Gasteiger partial charge in [-0.15, -0.1) is 5.10 Å². The second-order valence-corrected chi connectivity index (χ2v) is 8.82. The number of hydrogen-bond donors (Lipinski definition) is 0. The van der Waals surface area contributed by atoms with E-state index in [1.807, 2.05) is 32.4 Å². The Morgan fingerprint density at radius 3 is 2.38 bits per heavy atom. The molecule has 32 heavy (non-hydrogen) atoms. The lowest BCUT2D eigenvalue weighted by molar-refractivity contribution is -0.0791. The van der Waals surface area contributed by atoms with E-state index < -0.39 is 24.4 Å². The first-order chi connectivity index (χ1) is 15.1. The van der Waals surface area contributed by atoms with Gasteiger partial charge in [-0.05, 0) is 25.8 Å². The lowest BCUT2D eigenvalue weighted by Gasteiger charge is -2.34. The van der Waals surface area contributed by atoms with Crippen LogP contribution in [0.25, 0.3) is 33.4 Å². The fourth-order valence-electron chi connectivity index (χ4n) is 4.58. The van der Waals surface area contributed by atoms with E-state index in [0.29, 0.717) is 5.52 Å². The summed E-state index contributed by atoms with van der Waals surface area (Å²) in [6, 6.07) is 1.94. The van der Waals surface area contributed by atoms with E-state index in [4.69, 9.17) is 4.98 Å². The van der Waals surface area contributed by atoms with Crippen LogP contribution in [0.2, 0.25) is 0 Å². The van der Waals surface area contributed by atoms with Crippen molar-refractivity contribution in [3.63, 3.8) is 0 Å². The summed E-state index contributed by atoms with van der Waals surface area (Å²) in [6.45, 7) is 1.86. The molecule has 5 rings (SSSR count). The largest absolute Gasteiger partial charge is 0.342 e. The fraction of sp³-hybridized carbons (Fsp3) is 0.455. The summed E-state index contributed by atoms with van der Waals surface area (Å²) in [5.41, 5.74) is 3.82. The summed E-state index contributed by atoms with van der Waals surface area (Å²) in [5.74, 6) is -2.78. The highest BCUT2D eigenvalue weighted by Crippen LogP contribution is 2.42. The van der Waals surface area contributed by atoms with Crippen LogP contribution in [0.4, 0.5) is 13.2 Å². The SMILES string of the molecule is Cc1nnn(C)c1-c1cnc2c(-c3cnn(C)c3)cn(CC3(F)CCC(F)(F)CC3)c2c1. The summed E-state index contributed by atoms with van der Waals surface area (Å²) in [4.78, 5) is 4.70. The first-order valence-corrected chi connectivity index (χ1v) is 10.6. The summed E-state index contributed by atoms with van der Waals surface area (Å²) in [5, 5.41) is 12.4. The Morgan fingerprint density at radius 2 is 1.75 bits per heavy atom. The smallest absolute Gasteiger partial charge is 0.248 e. The van der Waals surface area contributed by atoms with Crippen LogP contribution in [0, 0.1) is 6.92 Å². The molecule has 1 aliphatic carbocycles. The Labute approximate surface area is 182 Å². The Kier molecular flexibility index (Phi) is 4.65. The van der Waals surface area contributed by atoms with Crippen molar-refractivity contribution in [2.24, 2.45) is 14.1 Å². The zero-order valence-electron chi connectivity index (χ0n) is 18.2. The van der Waals surface area contributed by atoms with Gasteiger partial charge in [0.25, 0.3) is 0 Å². The molecule has 1 fully saturated rings. The van der Waals surface area contributed by atoms with E-state index in [1.165, 1.54) is 0 Å². The molecule has 0 bridgehead atoms. The van der Waals surface area contributed by atoms with E-state index in [2.05, 4.69) is 15.4 Å². The molecule has 4 aromatic heterocycles. The molecule has 0 amide bonds. The lowest BCUT2D eigenvalue weighted by Crippen LogP contribution is -2.38. The first kappa shape index (κ1) is 20.7. The monoisotopic (exact) mass is 443 g/mol. The molecule has 0 saturated heterocycles. The lowest BCUT2D eigenvalue weighted by atomic mass is 9.84. The van der Waals surface area contributed by atoms with Crippen LogP contribution in [0.1, 0.15) is 31.4 Å². The summed E-state index contributed by atoms with van der Waals surface area (Å²) < 4.78 is 48.1. The molecule has 4 heterocycles. The standard InChI is InChI=1S/C22H24F3N7/c1-14-20(31(3)29-28-14)15-8-18-19(26-9-15)17(16-10-27-30(2)11-16)12-32(18)13-21(23)4-6-22(24,25)7-5-21/h8-12H,4-7,13H2,1-3H3. The van der Waals surface area contributed by atoms with Gasteiger partial charge in [0.1, 0.15) is 5.67 Å². The molecular formula is C22H24F3N7. The van der Waals surface area contributed by atoms with Gasteiger partial charge in [0.05, 0.1) is 35.2 Å². The minimum atomic E-state index is -2.78. The van der Waals surface area contributed by atoms with Crippen molar-refractivity contribution in [2.75, 3.05) is 0 Å². The molecule has 0 unspecified atom stereocenters. The van der Waals surface area contributed by atoms with Crippen molar-refractivity contribution in [3.8, 4) is 22.4 Å². The minimum absolute atomic E-state index is 0.00635. The van der Waals surface area contributed by atoms with E-state index in [1.54, 1.807) is 33.4 Å². The zero-order valence-corrected chi connectivity index (χ0v) is 18.2. The number of pyridine rings is 1. The molecule has 168 valence electrons. The first-order valence-electron chi connectivity index (χ1n) is 10.6. The third-order valence-corrected chi connectivity index (χ3v) is 6.33. The Bertz CT molecular complexity index is 1270. The second kappa shape index (κ2) is 7.18. The summed E-state index contributed by atoms with van der Waals surface area (Å²) >= 11 is 0. The van der Waals surface area contributed by atoms with Crippen LogP contribution in [0.3, 0.4) is 0 Å². The van der Waals surface area contributed by atoms with E-state index in [9.17, 15) is 8.78 Å². The number of hydrogen-bond acceptors (Lipinski definition) is 4. The van der Waals surface area contributed by atoms with Gasteiger partial charge >= 0.3 is 0 Å². The molecule has 0 spiro atoms. The van der Waals surface area contributed by atoms with Crippen molar-refractivity contribution in [2.45, 2.75) is 50.7 Å². The summed E-state index contributed by atoms with van der Waals surface area (Å²) in [6.07, 6.45) is 6.01. The molecule has 4 aromatic rings. The van der Waals surface area contributed by atoms with Gasteiger partial charge < -0.3 is 4.57 Å². The van der Waals surface area contributed by atoms with E-state index in [-0.39, 0.29) is 19.4 Å². The van der Waals surface area contributed by atoms with Crippen molar-refractivity contribution >= 4 is 11.0 Å². The van der Waals surface area contributed by atoms with Gasteiger partial charge in [-0.3, -0.25) is 9.67 Å². The van der Waals surface area contributed by atoms with Crippen molar-refractivity contribution in [3.05, 3.63) is 36.5 Å². The van der Waals surface area contributed by atoms with Crippen LogP contribution in [0.15, 0.2) is 30.9 Å². The molecule has 1 saturated carbocycles. The quantitative estimate of drug-likeness (QED) is 0.467. The average molecular weight is 443 g/mol. The highest BCUT2D eigenvalue weighted by atomic mass is 19.3. The third-order valence-electron chi connectivity index (χ3n) is 6.33.